The monoisotopic (exact) mass is 357 g/mol. The Morgan fingerprint density at radius 2 is 1.96 bits per heavy atom. The Kier molecular flexibility index (Phi) is 5.15. The molecular formula is C19H27N5O2. The topological polar surface area (TPSA) is 87.2 Å². The van der Waals surface area contributed by atoms with Crippen molar-refractivity contribution >= 4 is 11.8 Å². The minimum atomic E-state index is -0.172. The van der Waals surface area contributed by atoms with Gasteiger partial charge < -0.3 is 15.5 Å². The SMILES string of the molecule is O=C(NCc1ncc2c(n1)CCC2)[C@H]1CNC[C@@H](C(=O)N2CCCC2)C1. The first-order chi connectivity index (χ1) is 12.7. The van der Waals surface area contributed by atoms with E-state index in [9.17, 15) is 9.59 Å². The van der Waals surface area contributed by atoms with E-state index in [0.29, 0.717) is 31.9 Å². The van der Waals surface area contributed by atoms with Crippen molar-refractivity contribution in [2.75, 3.05) is 26.2 Å². The highest BCUT2D eigenvalue weighted by molar-refractivity contribution is 5.83. The van der Waals surface area contributed by atoms with Crippen molar-refractivity contribution in [3.8, 4) is 0 Å². The van der Waals surface area contributed by atoms with Crippen LogP contribution in [0.15, 0.2) is 6.20 Å². The van der Waals surface area contributed by atoms with Crippen LogP contribution in [0, 0.1) is 11.8 Å². The van der Waals surface area contributed by atoms with Gasteiger partial charge in [-0.3, -0.25) is 9.59 Å². The number of nitrogens with zero attached hydrogens (tertiary/aromatic N) is 3. The van der Waals surface area contributed by atoms with Crippen molar-refractivity contribution < 1.29 is 9.59 Å². The second-order valence-corrected chi connectivity index (χ2v) is 7.65. The van der Waals surface area contributed by atoms with Gasteiger partial charge >= 0.3 is 0 Å². The fraction of sp³-hybridized carbons (Fsp3) is 0.684. The minimum absolute atomic E-state index is 0.0134. The van der Waals surface area contributed by atoms with Gasteiger partial charge in [-0.25, -0.2) is 9.97 Å². The van der Waals surface area contributed by atoms with Gasteiger partial charge in [0.25, 0.3) is 0 Å². The van der Waals surface area contributed by atoms with Crippen LogP contribution in [-0.4, -0.2) is 52.9 Å². The van der Waals surface area contributed by atoms with Gasteiger partial charge in [-0.2, -0.15) is 0 Å². The molecule has 2 aliphatic heterocycles. The van der Waals surface area contributed by atoms with Crippen LogP contribution in [0.5, 0.6) is 0 Å². The molecule has 0 unspecified atom stereocenters. The number of carbonyl (C=O) groups excluding carboxylic acids is 2. The third-order valence-corrected chi connectivity index (χ3v) is 5.77. The molecule has 2 N–H and O–H groups in total. The summed E-state index contributed by atoms with van der Waals surface area (Å²) in [5.74, 6) is 0.603. The number of hydrogen-bond donors (Lipinski definition) is 2. The van der Waals surface area contributed by atoms with E-state index in [2.05, 4.69) is 20.6 Å². The molecule has 0 bridgehead atoms. The summed E-state index contributed by atoms with van der Waals surface area (Å²) >= 11 is 0. The molecule has 2 atom stereocenters. The average molecular weight is 357 g/mol. The molecule has 0 radical (unpaired) electrons. The summed E-state index contributed by atoms with van der Waals surface area (Å²) in [5.41, 5.74) is 2.36. The van der Waals surface area contributed by atoms with E-state index in [0.717, 1.165) is 50.9 Å². The second-order valence-electron chi connectivity index (χ2n) is 7.65. The Balaban J connectivity index is 1.30. The van der Waals surface area contributed by atoms with Crippen molar-refractivity contribution in [1.82, 2.24) is 25.5 Å². The van der Waals surface area contributed by atoms with Gasteiger partial charge in [0.1, 0.15) is 5.82 Å². The lowest BCUT2D eigenvalue weighted by Gasteiger charge is -2.31. The predicted molar refractivity (Wildman–Crippen MR) is 96.2 cm³/mol. The molecule has 1 aromatic rings. The average Bonchev–Trinajstić information content (AvgIpc) is 3.36. The van der Waals surface area contributed by atoms with Crippen LogP contribution in [0.2, 0.25) is 0 Å². The fourth-order valence-electron chi connectivity index (χ4n) is 4.28. The molecule has 7 nitrogen and oxygen atoms in total. The summed E-state index contributed by atoms with van der Waals surface area (Å²) in [6.07, 6.45) is 7.91. The number of hydrogen-bond acceptors (Lipinski definition) is 5. The normalized spacial score (nSPS) is 25.2. The summed E-state index contributed by atoms with van der Waals surface area (Å²) in [5, 5.41) is 6.22. The minimum Gasteiger partial charge on any atom is -0.349 e. The molecule has 2 amide bonds. The van der Waals surface area contributed by atoms with Crippen LogP contribution >= 0.6 is 0 Å². The van der Waals surface area contributed by atoms with Crippen LogP contribution in [-0.2, 0) is 29.0 Å². The van der Waals surface area contributed by atoms with Crippen LogP contribution in [0.4, 0.5) is 0 Å². The smallest absolute Gasteiger partial charge is 0.226 e. The van der Waals surface area contributed by atoms with Crippen molar-refractivity contribution in [1.29, 1.82) is 0 Å². The van der Waals surface area contributed by atoms with Crippen LogP contribution in [0.3, 0.4) is 0 Å². The van der Waals surface area contributed by atoms with Crippen molar-refractivity contribution in [2.24, 2.45) is 11.8 Å². The maximum absolute atomic E-state index is 12.6. The highest BCUT2D eigenvalue weighted by Crippen LogP contribution is 2.22. The third-order valence-electron chi connectivity index (χ3n) is 5.77. The molecule has 1 aromatic heterocycles. The van der Waals surface area contributed by atoms with Gasteiger partial charge in [-0.1, -0.05) is 0 Å². The molecule has 26 heavy (non-hydrogen) atoms. The lowest BCUT2D eigenvalue weighted by atomic mass is 9.89. The van der Waals surface area contributed by atoms with Gasteiger partial charge in [-0.15, -0.1) is 0 Å². The number of rotatable bonds is 4. The zero-order chi connectivity index (χ0) is 17.9. The zero-order valence-electron chi connectivity index (χ0n) is 15.2. The van der Waals surface area contributed by atoms with Gasteiger partial charge in [0.15, 0.2) is 0 Å². The molecule has 3 heterocycles. The molecular weight excluding hydrogens is 330 g/mol. The summed E-state index contributed by atoms with van der Waals surface area (Å²) in [6, 6.07) is 0. The standard InChI is InChI=1S/C19H27N5O2/c25-18(22-12-17-21-11-13-4-3-5-16(13)23-17)14-8-15(10-20-9-14)19(26)24-6-1-2-7-24/h11,14-15,20H,1-10,12H2,(H,22,25)/t14-,15+/m1/s1. The number of carbonyl (C=O) groups is 2. The molecule has 7 heteroatoms. The second kappa shape index (κ2) is 7.70. The molecule has 3 aliphatic rings. The van der Waals surface area contributed by atoms with E-state index >= 15 is 0 Å². The number of aromatic nitrogens is 2. The van der Waals surface area contributed by atoms with Crippen molar-refractivity contribution in [3.63, 3.8) is 0 Å². The largest absolute Gasteiger partial charge is 0.349 e. The molecule has 4 rings (SSSR count). The number of fused-ring (bicyclic) bond motifs is 1. The van der Waals surface area contributed by atoms with Crippen molar-refractivity contribution in [3.05, 3.63) is 23.3 Å². The van der Waals surface area contributed by atoms with E-state index in [1.54, 1.807) is 0 Å². The van der Waals surface area contributed by atoms with Gasteiger partial charge in [-0.05, 0) is 44.1 Å². The van der Waals surface area contributed by atoms with Gasteiger partial charge in [0.05, 0.1) is 18.4 Å². The molecule has 140 valence electrons. The summed E-state index contributed by atoms with van der Waals surface area (Å²) in [4.78, 5) is 36.0. The molecule has 0 spiro atoms. The number of piperidine rings is 1. The first-order valence-corrected chi connectivity index (χ1v) is 9.81. The molecule has 2 saturated heterocycles. The number of aryl methyl sites for hydroxylation is 2. The van der Waals surface area contributed by atoms with E-state index in [-0.39, 0.29) is 23.7 Å². The molecule has 0 saturated carbocycles. The maximum Gasteiger partial charge on any atom is 0.226 e. The third kappa shape index (κ3) is 3.72. The van der Waals surface area contributed by atoms with Crippen LogP contribution in [0.25, 0.3) is 0 Å². The zero-order valence-corrected chi connectivity index (χ0v) is 15.2. The molecule has 1 aliphatic carbocycles. The summed E-state index contributed by atoms with van der Waals surface area (Å²) in [6.45, 7) is 3.38. The Hall–Kier alpha value is -2.02. The Morgan fingerprint density at radius 3 is 2.81 bits per heavy atom. The quantitative estimate of drug-likeness (QED) is 0.816. The van der Waals surface area contributed by atoms with E-state index in [1.165, 1.54) is 5.56 Å². The Bertz CT molecular complexity index is 687. The number of nitrogens with one attached hydrogen (secondary N) is 2. The molecule has 2 fully saturated rings. The lowest BCUT2D eigenvalue weighted by Crippen LogP contribution is -2.48. The molecule has 0 aromatic carbocycles. The van der Waals surface area contributed by atoms with E-state index < -0.39 is 0 Å². The first-order valence-electron chi connectivity index (χ1n) is 9.81. The summed E-state index contributed by atoms with van der Waals surface area (Å²) < 4.78 is 0. The number of amides is 2. The lowest BCUT2D eigenvalue weighted by molar-refractivity contribution is -0.136. The highest BCUT2D eigenvalue weighted by Gasteiger charge is 2.34. The van der Waals surface area contributed by atoms with Crippen LogP contribution in [0.1, 0.15) is 42.8 Å². The van der Waals surface area contributed by atoms with Crippen LogP contribution < -0.4 is 10.6 Å². The number of likely N-dealkylation sites (tertiary alicyclic amines) is 1. The fourth-order valence-corrected chi connectivity index (χ4v) is 4.28. The highest BCUT2D eigenvalue weighted by atomic mass is 16.2. The Labute approximate surface area is 154 Å². The Morgan fingerprint density at radius 1 is 1.15 bits per heavy atom. The maximum atomic E-state index is 12.6. The summed E-state index contributed by atoms with van der Waals surface area (Å²) in [7, 11) is 0. The predicted octanol–water partition coefficient (Wildman–Crippen LogP) is 0.430. The van der Waals surface area contributed by atoms with Gasteiger partial charge in [0.2, 0.25) is 11.8 Å². The van der Waals surface area contributed by atoms with E-state index in [4.69, 9.17) is 0 Å². The van der Waals surface area contributed by atoms with E-state index in [1.807, 2.05) is 11.1 Å². The van der Waals surface area contributed by atoms with Crippen molar-refractivity contribution in [2.45, 2.75) is 45.1 Å². The first kappa shape index (κ1) is 17.4. The van der Waals surface area contributed by atoms with Gasteiger partial charge in [0, 0.05) is 38.1 Å².